The SMILES string of the molecule is C=CCOc1cc(Cl)cc(Cl)c1Cn1cnc2[c]nccc21. The Balaban J connectivity index is 2.02. The van der Waals surface area contributed by atoms with Crippen molar-refractivity contribution in [1.82, 2.24) is 14.5 Å². The van der Waals surface area contributed by atoms with Crippen LogP contribution < -0.4 is 4.74 Å². The van der Waals surface area contributed by atoms with Crippen LogP contribution >= 0.6 is 23.2 Å². The first-order chi connectivity index (χ1) is 10.7. The molecule has 0 bridgehead atoms. The van der Waals surface area contributed by atoms with Crippen LogP contribution in [0.25, 0.3) is 11.0 Å². The monoisotopic (exact) mass is 332 g/mol. The quantitative estimate of drug-likeness (QED) is 0.659. The van der Waals surface area contributed by atoms with Crippen LogP contribution in [0.5, 0.6) is 5.75 Å². The molecule has 1 aromatic carbocycles. The topological polar surface area (TPSA) is 39.9 Å². The van der Waals surface area contributed by atoms with E-state index in [1.807, 2.05) is 10.6 Å². The van der Waals surface area contributed by atoms with Gasteiger partial charge in [-0.05, 0) is 18.2 Å². The Morgan fingerprint density at radius 1 is 1.36 bits per heavy atom. The second-order valence-corrected chi connectivity index (χ2v) is 5.47. The van der Waals surface area contributed by atoms with Crippen molar-refractivity contribution in [3.05, 3.63) is 65.2 Å². The summed E-state index contributed by atoms with van der Waals surface area (Å²) in [5, 5.41) is 1.08. The van der Waals surface area contributed by atoms with Gasteiger partial charge in [-0.25, -0.2) is 4.98 Å². The average Bonchev–Trinajstić information content (AvgIpc) is 2.91. The molecule has 2 heterocycles. The lowest BCUT2D eigenvalue weighted by atomic mass is 10.2. The molecule has 0 aliphatic rings. The van der Waals surface area contributed by atoms with Gasteiger partial charge in [0.15, 0.2) is 0 Å². The van der Waals surface area contributed by atoms with Crippen LogP contribution in [0.1, 0.15) is 5.56 Å². The number of fused-ring (bicyclic) bond motifs is 1. The van der Waals surface area contributed by atoms with Gasteiger partial charge in [0.25, 0.3) is 0 Å². The molecule has 0 saturated heterocycles. The molecule has 111 valence electrons. The number of aromatic nitrogens is 3. The van der Waals surface area contributed by atoms with Crippen molar-refractivity contribution < 1.29 is 4.74 Å². The van der Waals surface area contributed by atoms with Crippen LogP contribution in [0.2, 0.25) is 10.0 Å². The molecular formula is C16H12Cl2N3O. The summed E-state index contributed by atoms with van der Waals surface area (Å²) in [6.07, 6.45) is 7.93. The number of hydrogen-bond donors (Lipinski definition) is 0. The fourth-order valence-corrected chi connectivity index (χ4v) is 2.70. The van der Waals surface area contributed by atoms with Gasteiger partial charge in [0.1, 0.15) is 24.1 Å². The second kappa shape index (κ2) is 6.38. The normalized spacial score (nSPS) is 10.8. The molecule has 0 saturated carbocycles. The van der Waals surface area contributed by atoms with E-state index in [4.69, 9.17) is 27.9 Å². The zero-order valence-electron chi connectivity index (χ0n) is 11.6. The summed E-state index contributed by atoms with van der Waals surface area (Å²) < 4.78 is 7.63. The van der Waals surface area contributed by atoms with E-state index >= 15 is 0 Å². The third kappa shape index (κ3) is 2.93. The van der Waals surface area contributed by atoms with Crippen molar-refractivity contribution in [3.63, 3.8) is 0 Å². The molecule has 0 unspecified atom stereocenters. The van der Waals surface area contributed by atoms with Crippen molar-refractivity contribution >= 4 is 34.2 Å². The molecule has 0 fully saturated rings. The Kier molecular flexibility index (Phi) is 4.32. The molecule has 2 aromatic heterocycles. The summed E-state index contributed by atoms with van der Waals surface area (Å²) in [7, 11) is 0. The predicted molar refractivity (Wildman–Crippen MR) is 87.6 cm³/mol. The van der Waals surface area contributed by atoms with Crippen LogP contribution in [-0.4, -0.2) is 21.1 Å². The highest BCUT2D eigenvalue weighted by molar-refractivity contribution is 6.35. The van der Waals surface area contributed by atoms with E-state index in [0.29, 0.717) is 34.5 Å². The van der Waals surface area contributed by atoms with Gasteiger partial charge in [0.05, 0.1) is 23.4 Å². The number of pyridine rings is 1. The highest BCUT2D eigenvalue weighted by Gasteiger charge is 2.13. The third-order valence-electron chi connectivity index (χ3n) is 3.16. The number of nitrogens with zero attached hydrogens (tertiary/aromatic N) is 3. The highest BCUT2D eigenvalue weighted by atomic mass is 35.5. The highest BCUT2D eigenvalue weighted by Crippen LogP contribution is 2.32. The number of benzene rings is 1. The van der Waals surface area contributed by atoms with E-state index in [1.54, 1.807) is 30.7 Å². The maximum Gasteiger partial charge on any atom is 0.127 e. The molecule has 0 amide bonds. The van der Waals surface area contributed by atoms with Gasteiger partial charge in [-0.2, -0.15) is 0 Å². The average molecular weight is 333 g/mol. The molecule has 3 rings (SSSR count). The first-order valence-corrected chi connectivity index (χ1v) is 7.34. The van der Waals surface area contributed by atoms with Crippen LogP contribution in [0.4, 0.5) is 0 Å². The number of imidazole rings is 1. The Hall–Kier alpha value is -2.04. The Morgan fingerprint density at radius 3 is 3.05 bits per heavy atom. The van der Waals surface area contributed by atoms with E-state index in [1.165, 1.54) is 0 Å². The molecule has 0 atom stereocenters. The van der Waals surface area contributed by atoms with Crippen molar-refractivity contribution in [2.75, 3.05) is 6.61 Å². The minimum Gasteiger partial charge on any atom is -0.489 e. The number of rotatable bonds is 5. The van der Waals surface area contributed by atoms with Crippen LogP contribution in [0.3, 0.4) is 0 Å². The second-order valence-electron chi connectivity index (χ2n) is 4.63. The van der Waals surface area contributed by atoms with Crippen LogP contribution in [0.15, 0.2) is 43.4 Å². The molecule has 0 aliphatic carbocycles. The van der Waals surface area contributed by atoms with E-state index < -0.39 is 0 Å². The van der Waals surface area contributed by atoms with Gasteiger partial charge in [-0.3, -0.25) is 4.98 Å². The van der Waals surface area contributed by atoms with Crippen molar-refractivity contribution in [2.24, 2.45) is 0 Å². The first kappa shape index (κ1) is 14.9. The van der Waals surface area contributed by atoms with Gasteiger partial charge < -0.3 is 9.30 Å². The Labute approximate surface area is 138 Å². The van der Waals surface area contributed by atoms with Crippen molar-refractivity contribution in [1.29, 1.82) is 0 Å². The minimum atomic E-state index is 0.381. The van der Waals surface area contributed by atoms with Gasteiger partial charge in [0.2, 0.25) is 0 Å². The van der Waals surface area contributed by atoms with Gasteiger partial charge in [-0.15, -0.1) is 0 Å². The minimum absolute atomic E-state index is 0.381. The molecule has 22 heavy (non-hydrogen) atoms. The first-order valence-electron chi connectivity index (χ1n) is 6.58. The van der Waals surface area contributed by atoms with Crippen LogP contribution in [0, 0.1) is 6.20 Å². The molecule has 3 aromatic rings. The lowest BCUT2D eigenvalue weighted by Gasteiger charge is -2.14. The molecule has 4 nitrogen and oxygen atoms in total. The smallest absolute Gasteiger partial charge is 0.127 e. The zero-order valence-corrected chi connectivity index (χ0v) is 13.1. The van der Waals surface area contributed by atoms with Crippen LogP contribution in [-0.2, 0) is 6.54 Å². The molecule has 0 N–H and O–H groups in total. The van der Waals surface area contributed by atoms with E-state index in [9.17, 15) is 0 Å². The number of hydrogen-bond acceptors (Lipinski definition) is 3. The summed E-state index contributed by atoms with van der Waals surface area (Å²) >= 11 is 12.4. The maximum atomic E-state index is 6.34. The summed E-state index contributed by atoms with van der Waals surface area (Å²) in [4.78, 5) is 8.21. The fourth-order valence-electron chi connectivity index (χ4n) is 2.17. The molecule has 0 aliphatic heterocycles. The van der Waals surface area contributed by atoms with Crippen molar-refractivity contribution in [2.45, 2.75) is 6.54 Å². The Morgan fingerprint density at radius 2 is 2.23 bits per heavy atom. The van der Waals surface area contributed by atoms with E-state index in [2.05, 4.69) is 22.7 Å². The van der Waals surface area contributed by atoms with Gasteiger partial charge in [-0.1, -0.05) is 35.9 Å². The Bertz CT molecular complexity index is 829. The summed E-state index contributed by atoms with van der Waals surface area (Å²) in [5.41, 5.74) is 2.47. The van der Waals surface area contributed by atoms with Gasteiger partial charge in [0, 0.05) is 16.8 Å². The predicted octanol–water partition coefficient (Wildman–Crippen LogP) is 4.15. The number of halogens is 2. The standard InChI is InChI=1S/C16H12Cl2N3O/c1-2-5-22-16-7-11(17)6-13(18)12(16)9-21-10-20-14-8-19-4-3-15(14)21/h2-4,6-7,10H,1,5,9H2. The fraction of sp³-hybridized carbons (Fsp3) is 0.125. The third-order valence-corrected chi connectivity index (χ3v) is 3.72. The molecule has 6 heteroatoms. The van der Waals surface area contributed by atoms with Gasteiger partial charge >= 0.3 is 0 Å². The maximum absolute atomic E-state index is 6.34. The summed E-state index contributed by atoms with van der Waals surface area (Å²) in [6.45, 7) is 4.54. The molecular weight excluding hydrogens is 321 g/mol. The summed E-state index contributed by atoms with van der Waals surface area (Å²) in [6, 6.07) is 5.33. The largest absolute Gasteiger partial charge is 0.489 e. The number of ether oxygens (including phenoxy) is 1. The van der Waals surface area contributed by atoms with E-state index in [0.717, 1.165) is 11.1 Å². The molecule has 0 spiro atoms. The zero-order chi connectivity index (χ0) is 15.5. The lowest BCUT2D eigenvalue weighted by Crippen LogP contribution is -2.04. The van der Waals surface area contributed by atoms with Crippen molar-refractivity contribution in [3.8, 4) is 5.75 Å². The summed E-state index contributed by atoms with van der Waals surface area (Å²) in [5.74, 6) is 0.636. The molecule has 1 radical (unpaired) electrons. The van der Waals surface area contributed by atoms with E-state index in [-0.39, 0.29) is 0 Å². The lowest BCUT2D eigenvalue weighted by molar-refractivity contribution is 0.358.